The van der Waals surface area contributed by atoms with Gasteiger partial charge in [0.25, 0.3) is 0 Å². The van der Waals surface area contributed by atoms with Crippen LogP contribution in [0.25, 0.3) is 20.9 Å². The van der Waals surface area contributed by atoms with Crippen LogP contribution < -0.4 is 0 Å². The summed E-state index contributed by atoms with van der Waals surface area (Å²) in [7, 11) is 0. The highest BCUT2D eigenvalue weighted by Crippen LogP contribution is 2.47. The largest absolute Gasteiger partial charge is 0.457 e. The molecule has 4 aliphatic rings. The van der Waals surface area contributed by atoms with Gasteiger partial charge in [0.1, 0.15) is 18.0 Å². The first-order valence-corrected chi connectivity index (χ1v) is 16.3. The molecule has 0 amide bonds. The molecule has 3 aliphatic heterocycles. The van der Waals surface area contributed by atoms with Crippen LogP contribution in [0, 0.1) is 41.4 Å². The Morgan fingerprint density at radius 1 is 0.867 bits per heavy atom. The highest BCUT2D eigenvalue weighted by atomic mass is 16.8. The first-order valence-electron chi connectivity index (χ1n) is 16.3. The summed E-state index contributed by atoms with van der Waals surface area (Å²) < 4.78 is 30.6. The van der Waals surface area contributed by atoms with Crippen LogP contribution in [-0.4, -0.2) is 73.2 Å². The number of fused-ring (bicyclic) bond motifs is 2. The third kappa shape index (κ3) is 7.64. The van der Waals surface area contributed by atoms with Crippen LogP contribution in [0.15, 0.2) is 10.2 Å². The molecular weight excluding hydrogens is 584 g/mol. The molecule has 3 heterocycles. The quantitative estimate of drug-likeness (QED) is 0.113. The number of hydrogen-bond acceptors (Lipinski definition) is 10. The monoisotopic (exact) mass is 632 g/mol. The highest BCUT2D eigenvalue weighted by molar-refractivity contribution is 5.81. The van der Waals surface area contributed by atoms with Crippen molar-refractivity contribution in [2.45, 2.75) is 130 Å². The van der Waals surface area contributed by atoms with E-state index < -0.39 is 49.0 Å². The lowest BCUT2D eigenvalue weighted by Gasteiger charge is -2.49. The molecule has 250 valence electrons. The van der Waals surface area contributed by atoms with E-state index in [1.807, 2.05) is 13.8 Å². The molecule has 1 aliphatic carbocycles. The number of Topliss-reactive ketones (excluding diaryl/α,β-unsaturated/α-hetero) is 2. The van der Waals surface area contributed by atoms with Crippen LogP contribution >= 0.6 is 0 Å². The summed E-state index contributed by atoms with van der Waals surface area (Å²) in [6.45, 7) is 13.4. The Labute approximate surface area is 264 Å². The fourth-order valence-corrected chi connectivity index (χ4v) is 8.04. The van der Waals surface area contributed by atoms with Gasteiger partial charge in [0.05, 0.1) is 25.2 Å². The minimum Gasteiger partial charge on any atom is -0.457 e. The van der Waals surface area contributed by atoms with Crippen LogP contribution in [-0.2, 0) is 38.1 Å². The summed E-state index contributed by atoms with van der Waals surface area (Å²) in [6, 6.07) is -0.890. The van der Waals surface area contributed by atoms with Gasteiger partial charge < -0.3 is 28.5 Å². The number of carbonyl (C=O) groups is 3. The average Bonchev–Trinajstić information content (AvgIpc) is 3.44. The van der Waals surface area contributed by atoms with Gasteiger partial charge in [-0.1, -0.05) is 51.3 Å². The second-order valence-electron chi connectivity index (χ2n) is 13.6. The average molecular weight is 633 g/mol. The number of ether oxygens (including phenoxy) is 5. The lowest BCUT2D eigenvalue weighted by molar-refractivity contribution is -0.306. The molecule has 14 nitrogen and oxygen atoms in total. The standard InChI is InChI=1S/C31H48N6O8/c1-8-20-11-21(25(34-36-32)16(4)15(20)3)12-22-17(5)28(43-24(40)10-9-14(2)38)31(45-29(22)19(7)39)44-27-18(6)26(35-37-33)30-41-13-23(27)42-30/h15-18,20-23,25-31H,8-13H2,1-7H3/t15-,16-,17-,18+,20?,21+,22-,23?,25?,26?,27-,28?,29?,30+,31+/m0/s1. The van der Waals surface area contributed by atoms with E-state index in [1.54, 1.807) is 0 Å². The second-order valence-corrected chi connectivity index (χ2v) is 13.6. The van der Waals surface area contributed by atoms with Crippen LogP contribution in [0.4, 0.5) is 0 Å². The van der Waals surface area contributed by atoms with Crippen molar-refractivity contribution >= 4 is 17.5 Å². The zero-order valence-corrected chi connectivity index (χ0v) is 27.4. The number of carbonyl (C=O) groups excluding carboxylic acids is 3. The van der Waals surface area contributed by atoms with Crippen molar-refractivity contribution in [3.63, 3.8) is 0 Å². The summed E-state index contributed by atoms with van der Waals surface area (Å²) in [5, 5.41) is 8.11. The first kappa shape index (κ1) is 35.1. The molecule has 45 heavy (non-hydrogen) atoms. The molecule has 4 rings (SSSR count). The number of azide groups is 2. The molecule has 0 aromatic carbocycles. The predicted octanol–water partition coefficient (Wildman–Crippen LogP) is 5.68. The Kier molecular flexibility index (Phi) is 11.9. The van der Waals surface area contributed by atoms with Gasteiger partial charge in [-0.05, 0) is 73.3 Å². The van der Waals surface area contributed by atoms with Gasteiger partial charge in [-0.15, -0.1) is 0 Å². The van der Waals surface area contributed by atoms with E-state index in [9.17, 15) is 19.9 Å². The van der Waals surface area contributed by atoms with Gasteiger partial charge in [-0.3, -0.25) is 9.59 Å². The molecule has 4 fully saturated rings. The Morgan fingerprint density at radius 3 is 2.18 bits per heavy atom. The molecule has 14 heteroatoms. The summed E-state index contributed by atoms with van der Waals surface area (Å²) in [5.41, 5.74) is 18.6. The third-order valence-electron chi connectivity index (χ3n) is 10.9. The fourth-order valence-electron chi connectivity index (χ4n) is 8.04. The van der Waals surface area contributed by atoms with Crippen LogP contribution in [0.2, 0.25) is 0 Å². The van der Waals surface area contributed by atoms with E-state index in [0.717, 1.165) is 12.8 Å². The molecular formula is C31H48N6O8. The van der Waals surface area contributed by atoms with Crippen molar-refractivity contribution in [3.05, 3.63) is 20.9 Å². The van der Waals surface area contributed by atoms with Crippen molar-refractivity contribution in [2.24, 2.45) is 51.7 Å². The van der Waals surface area contributed by atoms with E-state index in [1.165, 1.54) is 13.8 Å². The van der Waals surface area contributed by atoms with E-state index in [4.69, 9.17) is 29.2 Å². The van der Waals surface area contributed by atoms with Crippen LogP contribution in [0.1, 0.15) is 80.6 Å². The molecule has 0 radical (unpaired) electrons. The highest BCUT2D eigenvalue weighted by Gasteiger charge is 2.54. The van der Waals surface area contributed by atoms with Gasteiger partial charge in [-0.25, -0.2) is 0 Å². The number of hydrogen-bond donors (Lipinski definition) is 0. The maximum Gasteiger partial charge on any atom is 0.306 e. The van der Waals surface area contributed by atoms with Crippen molar-refractivity contribution in [3.8, 4) is 0 Å². The van der Waals surface area contributed by atoms with Crippen molar-refractivity contribution in [2.75, 3.05) is 6.61 Å². The fraction of sp³-hybridized carbons (Fsp3) is 0.903. The maximum absolute atomic E-state index is 13.2. The lowest BCUT2D eigenvalue weighted by atomic mass is 9.62. The van der Waals surface area contributed by atoms with Gasteiger partial charge in [0.15, 0.2) is 24.5 Å². The smallest absolute Gasteiger partial charge is 0.306 e. The molecule has 0 N–H and O–H groups in total. The minimum atomic E-state index is -1.13. The van der Waals surface area contributed by atoms with Crippen LogP contribution in [0.3, 0.4) is 0 Å². The Hall–Kier alpha value is -2.73. The summed E-state index contributed by atoms with van der Waals surface area (Å²) in [5.74, 6) is -0.973. The van der Waals surface area contributed by atoms with Crippen LogP contribution in [0.5, 0.6) is 0 Å². The third-order valence-corrected chi connectivity index (χ3v) is 10.9. The van der Waals surface area contributed by atoms with Gasteiger partial charge in [-0.2, -0.15) is 0 Å². The number of ketones is 2. The van der Waals surface area contributed by atoms with Gasteiger partial charge >= 0.3 is 5.97 Å². The number of esters is 1. The molecule has 0 aromatic rings. The van der Waals surface area contributed by atoms with E-state index in [0.29, 0.717) is 18.3 Å². The first-order chi connectivity index (χ1) is 21.4. The Morgan fingerprint density at radius 2 is 1.56 bits per heavy atom. The molecule has 6 unspecified atom stereocenters. The molecule has 0 spiro atoms. The molecule has 1 saturated carbocycles. The predicted molar refractivity (Wildman–Crippen MR) is 161 cm³/mol. The molecule has 15 atom stereocenters. The van der Waals surface area contributed by atoms with Crippen molar-refractivity contribution in [1.82, 2.24) is 0 Å². The van der Waals surface area contributed by atoms with E-state index >= 15 is 0 Å². The number of nitrogens with zero attached hydrogens (tertiary/aromatic N) is 6. The SMILES string of the molecule is CCC1C[C@H](C[C@@H]2C(C(C)=O)O[C@@H](O[C@@H]3C4CO[C@H](O4)C(N=[N+]=[N-])[C@H]3C)C(OC(=O)CCC(C)=O)[C@H]2C)C(N=[N+]=[N-])[C@@H](C)[C@@H]1C. The summed E-state index contributed by atoms with van der Waals surface area (Å²) >= 11 is 0. The molecule has 2 bridgehead atoms. The van der Waals surface area contributed by atoms with E-state index in [-0.39, 0.29) is 66.6 Å². The topological polar surface area (TPSA) is 195 Å². The van der Waals surface area contributed by atoms with E-state index in [2.05, 4.69) is 40.8 Å². The Bertz CT molecular complexity index is 1190. The molecule has 0 aromatic heterocycles. The molecule has 3 saturated heterocycles. The Balaban J connectivity index is 1.65. The zero-order valence-electron chi connectivity index (χ0n) is 27.4. The van der Waals surface area contributed by atoms with Crippen molar-refractivity contribution in [1.29, 1.82) is 0 Å². The lowest BCUT2D eigenvalue weighted by Crippen LogP contribution is -2.59. The minimum absolute atomic E-state index is 0.00502. The van der Waals surface area contributed by atoms with Gasteiger partial charge in [0.2, 0.25) is 0 Å². The number of rotatable bonds is 12. The van der Waals surface area contributed by atoms with Gasteiger partial charge in [0, 0.05) is 28.2 Å². The normalized spacial score (nSPS) is 42.6. The summed E-state index contributed by atoms with van der Waals surface area (Å²) in [6.07, 6.45) is -2.37. The second kappa shape index (κ2) is 15.2. The summed E-state index contributed by atoms with van der Waals surface area (Å²) in [4.78, 5) is 44.0. The maximum atomic E-state index is 13.2. The van der Waals surface area contributed by atoms with Crippen molar-refractivity contribution < 1.29 is 38.1 Å². The zero-order chi connectivity index (χ0) is 33.0.